The lowest BCUT2D eigenvalue weighted by atomic mass is 9.93. The van der Waals surface area contributed by atoms with Crippen molar-refractivity contribution in [3.8, 4) is 50.5 Å². The normalized spacial score (nSPS) is 11.1. The zero-order chi connectivity index (χ0) is 26.0. The van der Waals surface area contributed by atoms with E-state index in [0.29, 0.717) is 0 Å². The number of fused-ring (bicyclic) bond motifs is 1. The zero-order valence-corrected chi connectivity index (χ0v) is 21.3. The lowest BCUT2D eigenvalue weighted by Crippen LogP contribution is -1.98. The molecule has 2 aromatic heterocycles. The van der Waals surface area contributed by atoms with Crippen molar-refractivity contribution in [3.05, 3.63) is 152 Å². The smallest absolute Gasteiger partial charge is 0.165 e. The molecule has 0 radical (unpaired) electrons. The Balaban J connectivity index is 1.50. The molecule has 3 nitrogen and oxygen atoms in total. The van der Waals surface area contributed by atoms with E-state index in [-0.39, 0.29) is 0 Å². The predicted octanol–water partition coefficient (Wildman–Crippen LogP) is 9.09. The van der Waals surface area contributed by atoms with Crippen LogP contribution in [0.5, 0.6) is 0 Å². The maximum absolute atomic E-state index is 5.24. The Bertz CT molecular complexity index is 1820. The fourth-order valence-corrected chi connectivity index (χ4v) is 5.19. The summed E-state index contributed by atoms with van der Waals surface area (Å²) in [5.74, 6) is 0.874. The number of pyridine rings is 1. The van der Waals surface area contributed by atoms with E-state index in [1.165, 1.54) is 22.3 Å². The van der Waals surface area contributed by atoms with Crippen molar-refractivity contribution >= 4 is 11.2 Å². The Labute approximate surface area is 227 Å². The molecule has 0 atom stereocenters. The third-order valence-corrected chi connectivity index (χ3v) is 7.05. The molecule has 0 aliphatic carbocycles. The van der Waals surface area contributed by atoms with E-state index >= 15 is 0 Å². The highest BCUT2D eigenvalue weighted by Crippen LogP contribution is 2.37. The summed E-state index contributed by atoms with van der Waals surface area (Å²) in [6.07, 6.45) is 1.89. The minimum atomic E-state index is 0.837. The molecule has 184 valence electrons. The number of benzene rings is 5. The van der Waals surface area contributed by atoms with Gasteiger partial charge in [0, 0.05) is 23.0 Å². The van der Waals surface area contributed by atoms with E-state index in [9.17, 15) is 0 Å². The monoisotopic (exact) mass is 499 g/mol. The van der Waals surface area contributed by atoms with E-state index in [4.69, 9.17) is 9.97 Å². The second kappa shape index (κ2) is 9.88. The molecule has 39 heavy (non-hydrogen) atoms. The van der Waals surface area contributed by atoms with Crippen molar-refractivity contribution in [1.29, 1.82) is 0 Å². The van der Waals surface area contributed by atoms with Crippen LogP contribution in [-0.4, -0.2) is 14.5 Å². The largest absolute Gasteiger partial charge is 0.277 e. The first-order valence-electron chi connectivity index (χ1n) is 13.1. The molecule has 3 heteroatoms. The van der Waals surface area contributed by atoms with Crippen molar-refractivity contribution in [3.63, 3.8) is 0 Å². The summed E-state index contributed by atoms with van der Waals surface area (Å²) in [7, 11) is 0. The summed E-state index contributed by atoms with van der Waals surface area (Å²) in [4.78, 5) is 10.1. The maximum atomic E-state index is 5.24. The molecular formula is C36H25N3. The number of hydrogen-bond donors (Lipinski definition) is 0. The van der Waals surface area contributed by atoms with Gasteiger partial charge in [0.25, 0.3) is 0 Å². The topological polar surface area (TPSA) is 30.7 Å². The molecule has 0 saturated heterocycles. The zero-order valence-electron chi connectivity index (χ0n) is 21.3. The van der Waals surface area contributed by atoms with Gasteiger partial charge in [-0.15, -0.1) is 0 Å². The van der Waals surface area contributed by atoms with E-state index in [0.717, 1.165) is 39.4 Å². The van der Waals surface area contributed by atoms with Crippen molar-refractivity contribution in [2.45, 2.75) is 0 Å². The van der Waals surface area contributed by atoms with Crippen LogP contribution in [-0.2, 0) is 0 Å². The van der Waals surface area contributed by atoms with E-state index in [1.54, 1.807) is 0 Å². The highest BCUT2D eigenvalue weighted by atomic mass is 15.1. The van der Waals surface area contributed by atoms with Gasteiger partial charge in [-0.3, -0.25) is 4.57 Å². The van der Waals surface area contributed by atoms with Gasteiger partial charge in [0.15, 0.2) is 5.65 Å². The summed E-state index contributed by atoms with van der Waals surface area (Å²) in [6.45, 7) is 0. The second-order valence-corrected chi connectivity index (χ2v) is 9.53. The summed E-state index contributed by atoms with van der Waals surface area (Å²) in [5, 5.41) is 0. The van der Waals surface area contributed by atoms with Gasteiger partial charge in [0.05, 0.1) is 0 Å². The van der Waals surface area contributed by atoms with Gasteiger partial charge in [-0.25, -0.2) is 9.97 Å². The highest BCUT2D eigenvalue weighted by Gasteiger charge is 2.19. The second-order valence-electron chi connectivity index (χ2n) is 9.53. The van der Waals surface area contributed by atoms with Crippen molar-refractivity contribution < 1.29 is 0 Å². The molecule has 7 aromatic rings. The molecular weight excluding hydrogens is 474 g/mol. The van der Waals surface area contributed by atoms with Crippen LogP contribution in [0.4, 0.5) is 0 Å². The number of hydrogen-bond acceptors (Lipinski definition) is 2. The Morgan fingerprint density at radius 3 is 1.49 bits per heavy atom. The molecule has 7 rings (SSSR count). The predicted molar refractivity (Wildman–Crippen MR) is 161 cm³/mol. The molecule has 0 aliphatic heterocycles. The summed E-state index contributed by atoms with van der Waals surface area (Å²) < 4.78 is 2.16. The van der Waals surface area contributed by atoms with Crippen LogP contribution < -0.4 is 0 Å². The minimum Gasteiger partial charge on any atom is -0.277 e. The highest BCUT2D eigenvalue weighted by molar-refractivity contribution is 5.95. The summed E-state index contributed by atoms with van der Waals surface area (Å²) in [5.41, 5.74) is 10.7. The first-order valence-corrected chi connectivity index (χ1v) is 13.1. The van der Waals surface area contributed by atoms with Gasteiger partial charge in [0.1, 0.15) is 11.3 Å². The molecule has 0 N–H and O–H groups in total. The fraction of sp³-hybridized carbons (Fsp3) is 0. The standard InChI is InChI=1S/C36H25N3/c1-5-13-26(14-6-1)29-23-30(27-15-7-2-8-16-27)25-31(24-29)33-21-22-37-36-34(33)38-35(28-17-9-3-10-18-28)39(36)32-19-11-4-12-20-32/h1-25H. The molecule has 2 heterocycles. The van der Waals surface area contributed by atoms with Crippen molar-refractivity contribution in [2.24, 2.45) is 0 Å². The number of nitrogens with zero attached hydrogens (tertiary/aromatic N) is 3. The van der Waals surface area contributed by atoms with Gasteiger partial charge < -0.3 is 0 Å². The number of aromatic nitrogens is 3. The molecule has 0 amide bonds. The Kier molecular flexibility index (Phi) is 5.80. The average molecular weight is 500 g/mol. The van der Waals surface area contributed by atoms with Gasteiger partial charge in [-0.05, 0) is 64.2 Å². The van der Waals surface area contributed by atoms with E-state index < -0.39 is 0 Å². The molecule has 0 bridgehead atoms. The van der Waals surface area contributed by atoms with Crippen LogP contribution >= 0.6 is 0 Å². The van der Waals surface area contributed by atoms with Gasteiger partial charge in [0.2, 0.25) is 0 Å². The SMILES string of the molecule is c1ccc(-c2cc(-c3ccccc3)cc(-c3ccnc4c3nc(-c3ccccc3)n4-c3ccccc3)c2)cc1. The van der Waals surface area contributed by atoms with Gasteiger partial charge in [-0.1, -0.05) is 109 Å². The molecule has 0 aliphatic rings. The average Bonchev–Trinajstić information content (AvgIpc) is 3.42. The fourth-order valence-electron chi connectivity index (χ4n) is 5.19. The van der Waals surface area contributed by atoms with Crippen LogP contribution in [0.1, 0.15) is 0 Å². The Morgan fingerprint density at radius 2 is 0.923 bits per heavy atom. The van der Waals surface area contributed by atoms with Crippen LogP contribution in [0, 0.1) is 0 Å². The van der Waals surface area contributed by atoms with Crippen LogP contribution in [0.25, 0.3) is 61.6 Å². The summed E-state index contributed by atoms with van der Waals surface area (Å²) >= 11 is 0. The minimum absolute atomic E-state index is 0.837. The van der Waals surface area contributed by atoms with Crippen LogP contribution in [0.3, 0.4) is 0 Å². The first-order chi connectivity index (χ1) is 19.3. The third-order valence-electron chi connectivity index (χ3n) is 7.05. The van der Waals surface area contributed by atoms with Crippen molar-refractivity contribution in [1.82, 2.24) is 14.5 Å². The van der Waals surface area contributed by atoms with Crippen LogP contribution in [0.2, 0.25) is 0 Å². The number of rotatable bonds is 5. The summed E-state index contributed by atoms with van der Waals surface area (Å²) in [6, 6.07) is 50.6. The third kappa shape index (κ3) is 4.30. The molecule has 0 spiro atoms. The Morgan fingerprint density at radius 1 is 0.436 bits per heavy atom. The molecule has 0 unspecified atom stereocenters. The lowest BCUT2D eigenvalue weighted by Gasteiger charge is -2.12. The van der Waals surface area contributed by atoms with Gasteiger partial charge >= 0.3 is 0 Å². The molecule has 0 fully saturated rings. The van der Waals surface area contributed by atoms with Crippen molar-refractivity contribution in [2.75, 3.05) is 0 Å². The van der Waals surface area contributed by atoms with Gasteiger partial charge in [-0.2, -0.15) is 0 Å². The molecule has 5 aromatic carbocycles. The number of imidazole rings is 1. The lowest BCUT2D eigenvalue weighted by molar-refractivity contribution is 1.08. The Hall–Kier alpha value is -5.28. The first kappa shape index (κ1) is 22.9. The number of para-hydroxylation sites is 1. The molecule has 0 saturated carbocycles. The quantitative estimate of drug-likeness (QED) is 0.236. The van der Waals surface area contributed by atoms with E-state index in [1.807, 2.05) is 30.5 Å². The van der Waals surface area contributed by atoms with Crippen LogP contribution in [0.15, 0.2) is 152 Å². The maximum Gasteiger partial charge on any atom is 0.165 e. The van der Waals surface area contributed by atoms with E-state index in [2.05, 4.69) is 126 Å².